The molecule has 0 aliphatic carbocycles. The molecule has 31 heavy (non-hydrogen) atoms. The maximum Gasteiger partial charge on any atom is 0.252 e. The number of hydrogen-bond donors (Lipinski definition) is 2. The van der Waals surface area contributed by atoms with Crippen molar-refractivity contribution in [3.63, 3.8) is 0 Å². The summed E-state index contributed by atoms with van der Waals surface area (Å²) >= 11 is 6.24. The number of carbonyl (C=O) groups is 1. The van der Waals surface area contributed by atoms with Crippen molar-refractivity contribution in [2.75, 3.05) is 13.2 Å². The van der Waals surface area contributed by atoms with Gasteiger partial charge < -0.3 is 10.4 Å². The van der Waals surface area contributed by atoms with Gasteiger partial charge in [-0.1, -0.05) is 78.3 Å². The van der Waals surface area contributed by atoms with Gasteiger partial charge in [0.25, 0.3) is 5.91 Å². The molecule has 1 aliphatic heterocycles. The van der Waals surface area contributed by atoms with Crippen LogP contribution < -0.4 is 5.32 Å². The molecule has 156 valence electrons. The van der Waals surface area contributed by atoms with E-state index in [1.54, 1.807) is 12.1 Å². The number of allylic oxidation sites excluding steroid dienone is 1. The van der Waals surface area contributed by atoms with E-state index < -0.39 is 6.04 Å². The van der Waals surface area contributed by atoms with Crippen LogP contribution in [0.15, 0.2) is 89.9 Å². The van der Waals surface area contributed by atoms with E-state index in [0.717, 1.165) is 28.0 Å². The fraction of sp³-hybridized carbons (Fsp3) is 0.154. The van der Waals surface area contributed by atoms with Crippen molar-refractivity contribution >= 4 is 28.8 Å². The molecule has 0 saturated heterocycles. The maximum absolute atomic E-state index is 13.1. The van der Waals surface area contributed by atoms with Gasteiger partial charge in [0.05, 0.1) is 24.9 Å². The number of rotatable bonds is 7. The summed E-state index contributed by atoms with van der Waals surface area (Å²) in [6.07, 6.45) is 2.48. The highest BCUT2D eigenvalue weighted by Gasteiger charge is 2.20. The maximum atomic E-state index is 13.1. The van der Waals surface area contributed by atoms with Gasteiger partial charge in [-0.3, -0.25) is 9.79 Å². The molecule has 0 unspecified atom stereocenters. The van der Waals surface area contributed by atoms with Crippen LogP contribution >= 0.6 is 11.6 Å². The molecule has 5 heteroatoms. The quantitative estimate of drug-likeness (QED) is 0.577. The lowest BCUT2D eigenvalue weighted by molar-refractivity contribution is 0.0916. The zero-order valence-electron chi connectivity index (χ0n) is 17.0. The Labute approximate surface area is 186 Å². The Hall–Kier alpha value is -3.21. The average molecular weight is 431 g/mol. The third kappa shape index (κ3) is 4.93. The molecule has 0 aromatic heterocycles. The van der Waals surface area contributed by atoms with Crippen molar-refractivity contribution in [3.8, 4) is 0 Å². The van der Waals surface area contributed by atoms with Gasteiger partial charge >= 0.3 is 0 Å². The zero-order chi connectivity index (χ0) is 21.6. The molecule has 0 fully saturated rings. The molecule has 1 atom stereocenters. The van der Waals surface area contributed by atoms with E-state index in [0.29, 0.717) is 23.6 Å². The van der Waals surface area contributed by atoms with Gasteiger partial charge in [0, 0.05) is 16.1 Å². The summed E-state index contributed by atoms with van der Waals surface area (Å²) in [5.74, 6) is -0.244. The molecule has 0 saturated carbocycles. The SMILES string of the molecule is O=C(N[C@@H](CO)Cc1ccccc1Cl)c1ccccc1C1=NCC(c2ccccc2)=C1. The first kappa shape index (κ1) is 21.0. The number of hydrogen-bond acceptors (Lipinski definition) is 3. The van der Waals surface area contributed by atoms with Gasteiger partial charge in [-0.25, -0.2) is 0 Å². The van der Waals surface area contributed by atoms with Crippen molar-refractivity contribution in [1.82, 2.24) is 5.32 Å². The minimum Gasteiger partial charge on any atom is -0.394 e. The smallest absolute Gasteiger partial charge is 0.252 e. The number of halogens is 1. The Morgan fingerprint density at radius 1 is 1.00 bits per heavy atom. The normalized spacial score (nSPS) is 14.0. The lowest BCUT2D eigenvalue weighted by Crippen LogP contribution is -2.39. The molecule has 0 spiro atoms. The number of carbonyl (C=O) groups excluding carboxylic acids is 1. The number of nitrogens with zero attached hydrogens (tertiary/aromatic N) is 1. The van der Waals surface area contributed by atoms with E-state index in [9.17, 15) is 9.90 Å². The van der Waals surface area contributed by atoms with Crippen LogP contribution in [-0.4, -0.2) is 35.9 Å². The van der Waals surface area contributed by atoms with Crippen LogP contribution in [0.4, 0.5) is 0 Å². The largest absolute Gasteiger partial charge is 0.394 e. The van der Waals surface area contributed by atoms with Gasteiger partial charge in [0.15, 0.2) is 0 Å². The first-order chi connectivity index (χ1) is 15.2. The summed E-state index contributed by atoms with van der Waals surface area (Å²) in [6.45, 7) is 0.402. The molecule has 1 amide bonds. The van der Waals surface area contributed by atoms with E-state index in [2.05, 4.69) is 22.4 Å². The van der Waals surface area contributed by atoms with Crippen molar-refractivity contribution in [1.29, 1.82) is 0 Å². The van der Waals surface area contributed by atoms with Gasteiger partial charge in [-0.15, -0.1) is 0 Å². The van der Waals surface area contributed by atoms with Gasteiger partial charge in [0.1, 0.15) is 0 Å². The summed E-state index contributed by atoms with van der Waals surface area (Å²) in [4.78, 5) is 17.7. The third-order valence-electron chi connectivity index (χ3n) is 5.30. The summed E-state index contributed by atoms with van der Waals surface area (Å²) in [7, 11) is 0. The van der Waals surface area contributed by atoms with Crippen molar-refractivity contribution in [2.24, 2.45) is 4.99 Å². The monoisotopic (exact) mass is 430 g/mol. The Morgan fingerprint density at radius 2 is 1.71 bits per heavy atom. The van der Waals surface area contributed by atoms with Gasteiger partial charge in [-0.2, -0.15) is 0 Å². The van der Waals surface area contributed by atoms with Crippen LogP contribution in [0.25, 0.3) is 5.57 Å². The third-order valence-corrected chi connectivity index (χ3v) is 5.67. The van der Waals surface area contributed by atoms with E-state index >= 15 is 0 Å². The van der Waals surface area contributed by atoms with E-state index in [-0.39, 0.29) is 12.5 Å². The van der Waals surface area contributed by atoms with E-state index in [4.69, 9.17) is 11.6 Å². The van der Waals surface area contributed by atoms with Gasteiger partial charge in [-0.05, 0) is 41.3 Å². The highest BCUT2D eigenvalue weighted by Crippen LogP contribution is 2.23. The fourth-order valence-corrected chi connectivity index (χ4v) is 3.89. The first-order valence-corrected chi connectivity index (χ1v) is 10.6. The molecule has 1 heterocycles. The van der Waals surface area contributed by atoms with Crippen LogP contribution in [0, 0.1) is 0 Å². The van der Waals surface area contributed by atoms with Crippen molar-refractivity contribution in [2.45, 2.75) is 12.5 Å². The number of benzene rings is 3. The van der Waals surface area contributed by atoms with Crippen molar-refractivity contribution in [3.05, 3.63) is 112 Å². The van der Waals surface area contributed by atoms with Crippen LogP contribution in [-0.2, 0) is 6.42 Å². The number of aliphatic hydroxyl groups is 1. The van der Waals surface area contributed by atoms with Crippen LogP contribution in [0.2, 0.25) is 5.02 Å². The number of aliphatic hydroxyl groups excluding tert-OH is 1. The second-order valence-corrected chi connectivity index (χ2v) is 7.84. The molecule has 1 aliphatic rings. The average Bonchev–Trinajstić information content (AvgIpc) is 3.31. The highest BCUT2D eigenvalue weighted by molar-refractivity contribution is 6.31. The summed E-state index contributed by atoms with van der Waals surface area (Å²) < 4.78 is 0. The predicted octanol–water partition coefficient (Wildman–Crippen LogP) is 4.56. The number of nitrogens with one attached hydrogen (secondary N) is 1. The Balaban J connectivity index is 1.53. The van der Waals surface area contributed by atoms with E-state index in [1.165, 1.54) is 0 Å². The molecule has 0 radical (unpaired) electrons. The molecule has 3 aromatic rings. The summed E-state index contributed by atoms with van der Waals surface area (Å²) in [5, 5.41) is 13.4. The lowest BCUT2D eigenvalue weighted by Gasteiger charge is -2.18. The topological polar surface area (TPSA) is 61.7 Å². The molecular formula is C26H23ClN2O2. The Morgan fingerprint density at radius 3 is 2.48 bits per heavy atom. The van der Waals surface area contributed by atoms with Crippen LogP contribution in [0.3, 0.4) is 0 Å². The Kier molecular flexibility index (Phi) is 6.60. The molecule has 4 rings (SSSR count). The van der Waals surface area contributed by atoms with E-state index in [1.807, 2.05) is 60.7 Å². The zero-order valence-corrected chi connectivity index (χ0v) is 17.7. The first-order valence-electron chi connectivity index (χ1n) is 10.2. The predicted molar refractivity (Wildman–Crippen MR) is 126 cm³/mol. The highest BCUT2D eigenvalue weighted by atomic mass is 35.5. The van der Waals surface area contributed by atoms with Crippen LogP contribution in [0.5, 0.6) is 0 Å². The minimum absolute atomic E-state index is 0.182. The molecule has 3 aromatic carbocycles. The second kappa shape index (κ2) is 9.73. The lowest BCUT2D eigenvalue weighted by atomic mass is 9.99. The summed E-state index contributed by atoms with van der Waals surface area (Å²) in [5.41, 5.74) is 5.23. The van der Waals surface area contributed by atoms with Crippen LogP contribution in [0.1, 0.15) is 27.0 Å². The fourth-order valence-electron chi connectivity index (χ4n) is 3.67. The molecule has 2 N–H and O–H groups in total. The molecule has 0 bridgehead atoms. The molecule has 4 nitrogen and oxygen atoms in total. The minimum atomic E-state index is -0.443. The number of aliphatic imine (C=N–C) groups is 1. The molecular weight excluding hydrogens is 408 g/mol. The second-order valence-electron chi connectivity index (χ2n) is 7.43. The van der Waals surface area contributed by atoms with Gasteiger partial charge in [0.2, 0.25) is 0 Å². The standard InChI is InChI=1S/C26H23ClN2O2/c27-24-13-7-4-10-19(24)14-21(17-30)29-26(31)23-12-6-5-11-22(23)25-15-20(16-28-25)18-8-2-1-3-9-18/h1-13,15,21,30H,14,16-17H2,(H,29,31)/t21-/m1/s1. The number of amides is 1. The van der Waals surface area contributed by atoms with Crippen molar-refractivity contribution < 1.29 is 9.90 Å². The Bertz CT molecular complexity index is 1140. The summed E-state index contributed by atoms with van der Waals surface area (Å²) in [6, 6.07) is 24.5.